The molecule has 0 fully saturated rings. The molecule has 2 aromatic rings. The Morgan fingerprint density at radius 3 is 2.89 bits per heavy atom. The molecule has 0 bridgehead atoms. The van der Waals surface area contributed by atoms with Crippen molar-refractivity contribution in [3.63, 3.8) is 0 Å². The summed E-state index contributed by atoms with van der Waals surface area (Å²) in [6.07, 6.45) is 2.70. The molecule has 0 saturated carbocycles. The van der Waals surface area contributed by atoms with Crippen LogP contribution in [0.4, 0.5) is 0 Å². The Balaban J connectivity index is 2.00. The molecule has 2 atom stereocenters. The number of likely N-dealkylation sites (N-methyl/N-ethyl adjacent to an activating group) is 1. The molecule has 1 N–H and O–H groups in total. The minimum atomic E-state index is 0.148. The summed E-state index contributed by atoms with van der Waals surface area (Å²) in [5.74, 6) is 2.29. The first-order chi connectivity index (χ1) is 9.31. The highest BCUT2D eigenvalue weighted by Crippen LogP contribution is 2.42. The molecule has 0 saturated heterocycles. The van der Waals surface area contributed by atoms with Gasteiger partial charge >= 0.3 is 0 Å². The summed E-state index contributed by atoms with van der Waals surface area (Å²) in [5, 5.41) is 3.38. The third-order valence-electron chi connectivity index (χ3n) is 3.65. The highest BCUT2D eigenvalue weighted by molar-refractivity contribution is 9.10. The van der Waals surface area contributed by atoms with Gasteiger partial charge in [0.1, 0.15) is 11.5 Å². The number of rotatable bonds is 3. The van der Waals surface area contributed by atoms with E-state index in [1.807, 2.05) is 25.2 Å². The predicted molar refractivity (Wildman–Crippen MR) is 77.5 cm³/mol. The van der Waals surface area contributed by atoms with Crippen LogP contribution in [-0.4, -0.2) is 13.7 Å². The summed E-state index contributed by atoms with van der Waals surface area (Å²) >= 11 is 3.55. The summed E-state index contributed by atoms with van der Waals surface area (Å²) in [6.45, 7) is 0.748. The third kappa shape index (κ3) is 2.30. The molecule has 0 radical (unpaired) electrons. The van der Waals surface area contributed by atoms with E-state index in [4.69, 9.17) is 9.15 Å². The molecule has 4 heteroatoms. The van der Waals surface area contributed by atoms with Gasteiger partial charge in [-0.05, 0) is 47.1 Å². The van der Waals surface area contributed by atoms with Crippen LogP contribution in [0.2, 0.25) is 0 Å². The minimum Gasteiger partial charge on any atom is -0.493 e. The lowest BCUT2D eigenvalue weighted by Gasteiger charge is -2.31. The van der Waals surface area contributed by atoms with Crippen molar-refractivity contribution in [2.24, 2.45) is 0 Å². The van der Waals surface area contributed by atoms with Gasteiger partial charge in [-0.1, -0.05) is 18.2 Å². The van der Waals surface area contributed by atoms with Crippen LogP contribution < -0.4 is 10.1 Å². The van der Waals surface area contributed by atoms with Gasteiger partial charge in [0.2, 0.25) is 0 Å². The number of furan rings is 1. The van der Waals surface area contributed by atoms with E-state index in [-0.39, 0.29) is 6.04 Å². The smallest absolute Gasteiger partial charge is 0.135 e. The molecule has 3 nitrogen and oxygen atoms in total. The van der Waals surface area contributed by atoms with E-state index >= 15 is 0 Å². The lowest BCUT2D eigenvalue weighted by atomic mass is 9.85. The van der Waals surface area contributed by atoms with Crippen LogP contribution in [-0.2, 0) is 0 Å². The molecular weight excluding hydrogens is 306 g/mol. The second-order valence-corrected chi connectivity index (χ2v) is 5.53. The zero-order valence-corrected chi connectivity index (χ0v) is 12.3. The maximum absolute atomic E-state index is 5.73. The molecule has 2 heterocycles. The Hall–Kier alpha value is -1.26. The first kappa shape index (κ1) is 12.8. The first-order valence-corrected chi connectivity index (χ1v) is 7.22. The topological polar surface area (TPSA) is 34.4 Å². The first-order valence-electron chi connectivity index (χ1n) is 6.43. The average Bonchev–Trinajstić information content (AvgIpc) is 2.86. The van der Waals surface area contributed by atoms with Crippen molar-refractivity contribution in [3.8, 4) is 5.75 Å². The number of benzene rings is 1. The van der Waals surface area contributed by atoms with E-state index in [0.29, 0.717) is 5.92 Å². The normalized spacial score (nSPS) is 19.6. The van der Waals surface area contributed by atoms with Crippen LogP contribution in [0, 0.1) is 0 Å². The van der Waals surface area contributed by atoms with Crippen molar-refractivity contribution in [2.75, 3.05) is 13.7 Å². The number of para-hydroxylation sites is 1. The van der Waals surface area contributed by atoms with E-state index in [1.165, 1.54) is 5.56 Å². The van der Waals surface area contributed by atoms with Gasteiger partial charge < -0.3 is 14.5 Å². The van der Waals surface area contributed by atoms with Gasteiger partial charge in [-0.2, -0.15) is 0 Å². The standard InChI is InChI=1S/C15H16BrNO2/c1-17-14(15-12(16)7-9-19-15)11-6-8-18-13-5-3-2-4-10(11)13/h2-5,7,9,11,14,17H,6,8H2,1H3. The molecule has 3 rings (SSSR count). The van der Waals surface area contributed by atoms with Gasteiger partial charge in [0.15, 0.2) is 0 Å². The Morgan fingerprint density at radius 1 is 1.32 bits per heavy atom. The van der Waals surface area contributed by atoms with Crippen molar-refractivity contribution in [1.82, 2.24) is 5.32 Å². The lowest BCUT2D eigenvalue weighted by Crippen LogP contribution is -2.28. The van der Waals surface area contributed by atoms with Crippen LogP contribution in [0.25, 0.3) is 0 Å². The lowest BCUT2D eigenvalue weighted by molar-refractivity contribution is 0.239. The second-order valence-electron chi connectivity index (χ2n) is 4.68. The molecule has 0 spiro atoms. The molecule has 1 aliphatic rings. The van der Waals surface area contributed by atoms with E-state index in [0.717, 1.165) is 29.0 Å². The molecule has 0 aliphatic carbocycles. The quantitative estimate of drug-likeness (QED) is 0.931. The van der Waals surface area contributed by atoms with Crippen LogP contribution >= 0.6 is 15.9 Å². The average molecular weight is 322 g/mol. The zero-order valence-electron chi connectivity index (χ0n) is 10.7. The largest absolute Gasteiger partial charge is 0.493 e. The monoisotopic (exact) mass is 321 g/mol. The maximum Gasteiger partial charge on any atom is 0.135 e. The molecule has 100 valence electrons. The summed E-state index contributed by atoms with van der Waals surface area (Å²) in [7, 11) is 1.97. The van der Waals surface area contributed by atoms with Crippen LogP contribution in [0.5, 0.6) is 5.75 Å². The van der Waals surface area contributed by atoms with Crippen molar-refractivity contribution >= 4 is 15.9 Å². The number of fused-ring (bicyclic) bond motifs is 1. The Labute approximate surface area is 121 Å². The second kappa shape index (κ2) is 5.39. The van der Waals surface area contributed by atoms with E-state index in [1.54, 1.807) is 6.26 Å². The van der Waals surface area contributed by atoms with Crippen molar-refractivity contribution in [2.45, 2.75) is 18.4 Å². The highest BCUT2D eigenvalue weighted by Gasteiger charge is 2.31. The molecule has 0 amide bonds. The maximum atomic E-state index is 5.73. The molecule has 1 aliphatic heterocycles. The molecule has 1 aromatic carbocycles. The van der Waals surface area contributed by atoms with Gasteiger partial charge in [0.25, 0.3) is 0 Å². The summed E-state index contributed by atoms with van der Waals surface area (Å²) in [6, 6.07) is 10.3. The van der Waals surface area contributed by atoms with Gasteiger partial charge in [-0.3, -0.25) is 0 Å². The van der Waals surface area contributed by atoms with E-state index in [9.17, 15) is 0 Å². The number of halogens is 1. The Bertz CT molecular complexity index is 567. The van der Waals surface area contributed by atoms with E-state index in [2.05, 4.69) is 33.4 Å². The van der Waals surface area contributed by atoms with Gasteiger partial charge in [-0.15, -0.1) is 0 Å². The van der Waals surface area contributed by atoms with Crippen LogP contribution in [0.1, 0.15) is 29.7 Å². The van der Waals surface area contributed by atoms with Gasteiger partial charge in [0, 0.05) is 5.92 Å². The van der Waals surface area contributed by atoms with Crippen molar-refractivity contribution in [1.29, 1.82) is 0 Å². The fourth-order valence-electron chi connectivity index (χ4n) is 2.76. The fourth-order valence-corrected chi connectivity index (χ4v) is 3.21. The summed E-state index contributed by atoms with van der Waals surface area (Å²) < 4.78 is 12.4. The number of ether oxygens (including phenoxy) is 1. The van der Waals surface area contributed by atoms with Crippen molar-refractivity contribution < 1.29 is 9.15 Å². The van der Waals surface area contributed by atoms with E-state index < -0.39 is 0 Å². The Kier molecular flexibility index (Phi) is 3.62. The Morgan fingerprint density at radius 2 is 2.16 bits per heavy atom. The van der Waals surface area contributed by atoms with Gasteiger partial charge in [-0.25, -0.2) is 0 Å². The van der Waals surface area contributed by atoms with Gasteiger partial charge in [0.05, 0.1) is 23.4 Å². The predicted octanol–water partition coefficient (Wildman–Crippen LogP) is 3.87. The van der Waals surface area contributed by atoms with Crippen LogP contribution in [0.15, 0.2) is 45.5 Å². The molecule has 2 unspecified atom stereocenters. The summed E-state index contributed by atoms with van der Waals surface area (Å²) in [5.41, 5.74) is 1.25. The SMILES string of the molecule is CNC(c1occc1Br)C1CCOc2ccccc21. The molecule has 1 aromatic heterocycles. The minimum absolute atomic E-state index is 0.148. The zero-order chi connectivity index (χ0) is 13.2. The van der Waals surface area contributed by atoms with Crippen LogP contribution in [0.3, 0.4) is 0 Å². The number of hydrogen-bond donors (Lipinski definition) is 1. The fraction of sp³-hybridized carbons (Fsp3) is 0.333. The highest BCUT2D eigenvalue weighted by atomic mass is 79.9. The number of nitrogens with one attached hydrogen (secondary N) is 1. The third-order valence-corrected chi connectivity index (χ3v) is 4.30. The van der Waals surface area contributed by atoms with Crippen molar-refractivity contribution in [3.05, 3.63) is 52.4 Å². The molecule has 19 heavy (non-hydrogen) atoms. The molecular formula is C15H16BrNO2. The number of hydrogen-bond acceptors (Lipinski definition) is 3. The summed E-state index contributed by atoms with van der Waals surface area (Å²) in [4.78, 5) is 0.